The summed E-state index contributed by atoms with van der Waals surface area (Å²) in [6.07, 6.45) is 3.57. The van der Waals surface area contributed by atoms with E-state index in [1.807, 2.05) is 91.0 Å². The molecule has 12 rings (SSSR count). The van der Waals surface area contributed by atoms with Crippen LogP contribution in [0.1, 0.15) is 85.4 Å². The molecule has 97 heavy (non-hydrogen) atoms. The molecule has 0 radical (unpaired) electrons. The number of fused-ring (bicyclic) bond motifs is 3. The van der Waals surface area contributed by atoms with Crippen LogP contribution in [0.2, 0.25) is 0 Å². The highest BCUT2D eigenvalue weighted by molar-refractivity contribution is 7.46. The van der Waals surface area contributed by atoms with Crippen LogP contribution in [0.4, 0.5) is 17.5 Å². The van der Waals surface area contributed by atoms with Gasteiger partial charge < -0.3 is 92.6 Å². The monoisotopic (exact) mass is 1400 g/mol. The quantitative estimate of drug-likeness (QED) is 0.0371. The molecule has 33 nitrogen and oxygen atoms in total. The zero-order chi connectivity index (χ0) is 69.6. The van der Waals surface area contributed by atoms with Crippen molar-refractivity contribution in [2.45, 2.75) is 151 Å². The number of rotatable bonds is 25. The Morgan fingerprint density at radius 2 is 0.856 bits per heavy atom. The highest BCUT2D eigenvalue weighted by Gasteiger charge is 2.73. The van der Waals surface area contributed by atoms with E-state index in [9.17, 15) is 53.7 Å². The van der Waals surface area contributed by atoms with Crippen molar-refractivity contribution >= 4 is 74.4 Å². The third kappa shape index (κ3) is 12.0. The van der Waals surface area contributed by atoms with Crippen molar-refractivity contribution in [3.63, 3.8) is 0 Å². The average Bonchev–Trinajstić information content (AvgIpc) is 1.57. The van der Waals surface area contributed by atoms with Crippen LogP contribution >= 0.6 is 23.5 Å². The van der Waals surface area contributed by atoms with E-state index in [-0.39, 0.29) is 45.7 Å². The average molecular weight is 1400 g/mol. The van der Waals surface area contributed by atoms with Gasteiger partial charge in [-0.3, -0.25) is 22.8 Å². The van der Waals surface area contributed by atoms with Crippen LogP contribution in [0, 0.1) is 5.92 Å². The molecular formula is C61H73N15O18P3-3. The van der Waals surface area contributed by atoms with E-state index < -0.39 is 112 Å². The molecule has 15 unspecified atom stereocenters. The Morgan fingerprint density at radius 3 is 1.28 bits per heavy atom. The predicted molar refractivity (Wildman–Crippen MR) is 340 cm³/mol. The summed E-state index contributed by atoms with van der Waals surface area (Å²) in [6, 6.07) is 28.2. The maximum atomic E-state index is 14.8. The number of hydrogen-bond acceptors (Lipinski definition) is 29. The SMILES string of the molecule is CC1(O)C(COP(=O)([O-])OC2(C)C(COP(=O)([O-])OC3(C)C(COP(=O)([O-])O)CC(C)(n4cnc5c(NCc6ccccc6)ncnc54)C3(C)O)OC(C)(n3cnc4c(NCc5ccccc5)ncnc43)C2(C)O)OC(C)(n2cnc3c(NCc4ccccc4)ncnc32)C1(C)O. The van der Waals surface area contributed by atoms with Crippen molar-refractivity contribution in [1.29, 1.82) is 0 Å². The van der Waals surface area contributed by atoms with E-state index in [1.165, 1.54) is 93.2 Å². The minimum atomic E-state index is -5.99. The van der Waals surface area contributed by atoms with Gasteiger partial charge in [-0.2, -0.15) is 0 Å². The van der Waals surface area contributed by atoms with Gasteiger partial charge >= 0.3 is 0 Å². The Labute approximate surface area is 555 Å². The summed E-state index contributed by atoms with van der Waals surface area (Å²) in [5.41, 5.74) is -17.0. The van der Waals surface area contributed by atoms with Gasteiger partial charge in [0.05, 0.1) is 44.3 Å². The highest BCUT2D eigenvalue weighted by atomic mass is 31.2. The van der Waals surface area contributed by atoms with Crippen LogP contribution in [-0.4, -0.2) is 150 Å². The van der Waals surface area contributed by atoms with E-state index in [0.29, 0.717) is 31.3 Å². The lowest BCUT2D eigenvalue weighted by Gasteiger charge is -2.48. The van der Waals surface area contributed by atoms with Crippen LogP contribution in [0.5, 0.6) is 0 Å². The zero-order valence-electron chi connectivity index (χ0n) is 54.1. The zero-order valence-corrected chi connectivity index (χ0v) is 56.7. The predicted octanol–water partition coefficient (Wildman–Crippen LogP) is 4.22. The first-order chi connectivity index (χ1) is 45.5. The van der Waals surface area contributed by atoms with Crippen LogP contribution in [0.3, 0.4) is 0 Å². The highest BCUT2D eigenvalue weighted by Crippen LogP contribution is 2.63. The molecule has 6 aromatic heterocycles. The van der Waals surface area contributed by atoms with E-state index in [0.717, 1.165) is 37.5 Å². The molecular weight excluding hydrogens is 1320 g/mol. The van der Waals surface area contributed by atoms with Gasteiger partial charge in [-0.25, -0.2) is 44.9 Å². The van der Waals surface area contributed by atoms with Crippen LogP contribution < -0.4 is 30.6 Å². The number of imidazole rings is 3. The lowest BCUT2D eigenvalue weighted by atomic mass is 9.77. The van der Waals surface area contributed by atoms with E-state index in [2.05, 4.69) is 60.8 Å². The van der Waals surface area contributed by atoms with Gasteiger partial charge in [0, 0.05) is 25.6 Å². The summed E-state index contributed by atoms with van der Waals surface area (Å²) < 4.78 is 87.0. The van der Waals surface area contributed by atoms with E-state index in [4.69, 9.17) is 32.1 Å². The Kier molecular flexibility index (Phi) is 17.9. The van der Waals surface area contributed by atoms with Gasteiger partial charge in [-0.1, -0.05) is 91.0 Å². The molecule has 0 amide bonds. The molecule has 3 aliphatic rings. The number of phosphoric ester groups is 3. The molecule has 518 valence electrons. The van der Waals surface area contributed by atoms with Gasteiger partial charge in [-0.15, -0.1) is 0 Å². The minimum Gasteiger partial charge on any atom is -0.756 e. The van der Waals surface area contributed by atoms with Crippen molar-refractivity contribution in [3.8, 4) is 0 Å². The van der Waals surface area contributed by atoms with Crippen LogP contribution in [-0.2, 0) is 82.4 Å². The smallest absolute Gasteiger partial charge is 0.268 e. The molecule has 3 fully saturated rings. The normalized spacial score (nSPS) is 32.3. The van der Waals surface area contributed by atoms with Gasteiger partial charge in [0.2, 0.25) is 0 Å². The Bertz CT molecular complexity index is 4530. The number of anilines is 3. The van der Waals surface area contributed by atoms with Crippen molar-refractivity contribution in [2.75, 3.05) is 35.8 Å². The standard InChI is InChI=1S/C61H76N15O18P3/c1-53(74-35-71-44-47(65-32-68-50(44)74)62-26-38-19-13-10-14-20-38)25-41(29-88-95(81,82)83)55(3,57(53,5)78)93-96(84,85)90-31-43-56(4,59(7,80)61(9,92-43)76-37-73-46-49(67-34-70-52(46)76)64-28-40-23-17-12-18-24-40)94-97(86,87)89-30-42-54(2,77)58(6,79)60(8,91-42)75-36-72-45-48(66-33-69-51(45)75)63-27-39-21-15-11-16-22-39/h10-24,32-37,41-43,77-80H,25-31H2,1-9H3,(H,84,85)(H,86,87)(H,62,65,68)(H,63,66,69)(H,64,67,70)(H2,81,82,83)/p-3. The summed E-state index contributed by atoms with van der Waals surface area (Å²) in [5.74, 6) is -0.552. The number of aliphatic hydroxyl groups is 4. The third-order valence-electron chi connectivity index (χ3n) is 20.4. The minimum absolute atomic E-state index is 0.0270. The molecule has 2 saturated heterocycles. The molecule has 0 spiro atoms. The molecule has 1 aliphatic carbocycles. The topological polar surface area (TPSA) is 453 Å². The maximum Gasteiger partial charge on any atom is 0.268 e. The first kappa shape index (κ1) is 69.7. The number of phosphoric acid groups is 3. The Balaban J connectivity index is 0.843. The molecule has 3 aromatic carbocycles. The fraction of sp³-hybridized carbons (Fsp3) is 0.459. The molecule has 8 N–H and O–H groups in total. The van der Waals surface area contributed by atoms with Crippen molar-refractivity contribution < 1.29 is 85.8 Å². The molecule has 36 heteroatoms. The molecule has 15 atom stereocenters. The Hall–Kier alpha value is -7.20. The van der Waals surface area contributed by atoms with Crippen LogP contribution in [0.25, 0.3) is 33.5 Å². The summed E-state index contributed by atoms with van der Waals surface area (Å²) >= 11 is 0. The fourth-order valence-corrected chi connectivity index (χ4v) is 16.1. The largest absolute Gasteiger partial charge is 0.756 e. The second kappa shape index (κ2) is 24.9. The maximum absolute atomic E-state index is 14.8. The third-order valence-corrected chi connectivity index (χ3v) is 23.0. The summed E-state index contributed by atoms with van der Waals surface area (Å²) in [4.78, 5) is 91.8. The number of benzene rings is 3. The van der Waals surface area contributed by atoms with Crippen molar-refractivity contribution in [1.82, 2.24) is 58.6 Å². The van der Waals surface area contributed by atoms with Gasteiger partial charge in [0.25, 0.3) is 23.5 Å². The van der Waals surface area contributed by atoms with Crippen molar-refractivity contribution in [3.05, 3.63) is 146 Å². The number of ether oxygens (including phenoxy) is 2. The summed E-state index contributed by atoms with van der Waals surface area (Å²) in [6.45, 7) is 9.12. The van der Waals surface area contributed by atoms with Gasteiger partial charge in [0.1, 0.15) is 70.3 Å². The number of nitrogens with one attached hydrogen (secondary N) is 3. The second-order valence-electron chi connectivity index (χ2n) is 25.9. The first-order valence-corrected chi connectivity index (χ1v) is 35.1. The van der Waals surface area contributed by atoms with Gasteiger partial charge in [0.15, 0.2) is 56.9 Å². The molecule has 1 saturated carbocycles. The number of nitrogens with zero attached hydrogens (tertiary/aromatic N) is 12. The number of aromatic nitrogens is 12. The van der Waals surface area contributed by atoms with Gasteiger partial charge in [-0.05, 0) is 85.4 Å². The molecule has 0 bridgehead atoms. The van der Waals surface area contributed by atoms with Crippen LogP contribution in [0.15, 0.2) is 129 Å². The molecule has 9 aromatic rings. The summed E-state index contributed by atoms with van der Waals surface area (Å²) in [7, 11) is -17.5. The lowest BCUT2D eigenvalue weighted by molar-refractivity contribution is -0.261. The van der Waals surface area contributed by atoms with Crippen molar-refractivity contribution in [2.24, 2.45) is 5.92 Å². The van der Waals surface area contributed by atoms with E-state index >= 15 is 0 Å². The first-order valence-electron chi connectivity index (χ1n) is 30.7. The van der Waals surface area contributed by atoms with E-state index in [1.54, 1.807) is 0 Å². The molecule has 8 heterocycles. The second-order valence-corrected chi connectivity index (χ2v) is 29.8. The number of hydrogen-bond donors (Lipinski definition) is 8. The Morgan fingerprint density at radius 1 is 0.485 bits per heavy atom. The fourth-order valence-electron chi connectivity index (χ4n) is 13.4. The lowest BCUT2D eigenvalue weighted by Crippen LogP contribution is -2.61. The molecule has 2 aliphatic heterocycles. The summed E-state index contributed by atoms with van der Waals surface area (Å²) in [5, 5.41) is 60.5.